The molecule has 2 heterocycles. The second kappa shape index (κ2) is 7.34. The quantitative estimate of drug-likeness (QED) is 0.847. The molecule has 1 amide bonds. The van der Waals surface area contributed by atoms with E-state index >= 15 is 0 Å². The molecule has 23 heavy (non-hydrogen) atoms. The monoisotopic (exact) mass is 322 g/mol. The number of ether oxygens (including phenoxy) is 1. The number of nitrogens with one attached hydrogen (secondary N) is 1. The minimum Gasteiger partial charge on any atom is -0.444 e. The number of hydrogen-bond acceptors (Lipinski definition) is 4. The summed E-state index contributed by atoms with van der Waals surface area (Å²) in [7, 11) is 1.95. The zero-order valence-corrected chi connectivity index (χ0v) is 15.1. The molecule has 1 saturated heterocycles. The third-order valence-electron chi connectivity index (χ3n) is 4.31. The van der Waals surface area contributed by atoms with Crippen LogP contribution in [0.1, 0.15) is 51.3 Å². The molecule has 1 atom stereocenters. The molecule has 0 bridgehead atoms. The Bertz CT molecular complexity index is 533. The number of carbonyl (C=O) groups is 1. The summed E-state index contributed by atoms with van der Waals surface area (Å²) in [4.78, 5) is 14.1. The summed E-state index contributed by atoms with van der Waals surface area (Å²) in [5.41, 5.74) is 1.98. The largest absolute Gasteiger partial charge is 0.444 e. The molecule has 0 aromatic carbocycles. The lowest BCUT2D eigenvalue weighted by atomic mass is 10.1. The Morgan fingerprint density at radius 2 is 2.22 bits per heavy atom. The number of carbonyl (C=O) groups excluding carboxylic acids is 1. The summed E-state index contributed by atoms with van der Waals surface area (Å²) in [6.07, 6.45) is 4.81. The Morgan fingerprint density at radius 1 is 1.48 bits per heavy atom. The molecule has 1 aromatic rings. The predicted octanol–water partition coefficient (Wildman–Crippen LogP) is 2.61. The number of aryl methyl sites for hydroxylation is 1. The van der Waals surface area contributed by atoms with E-state index in [9.17, 15) is 4.79 Å². The van der Waals surface area contributed by atoms with E-state index in [2.05, 4.69) is 17.3 Å². The zero-order valence-electron chi connectivity index (χ0n) is 15.1. The molecule has 0 aliphatic carbocycles. The molecule has 1 unspecified atom stereocenters. The third kappa shape index (κ3) is 4.96. The highest BCUT2D eigenvalue weighted by Crippen LogP contribution is 2.22. The van der Waals surface area contributed by atoms with Gasteiger partial charge in [-0.3, -0.25) is 4.68 Å². The first-order valence-corrected chi connectivity index (χ1v) is 8.46. The van der Waals surface area contributed by atoms with Gasteiger partial charge in [0.25, 0.3) is 0 Å². The predicted molar refractivity (Wildman–Crippen MR) is 90.2 cm³/mol. The van der Waals surface area contributed by atoms with Crippen molar-refractivity contribution in [2.24, 2.45) is 7.05 Å². The average molecular weight is 322 g/mol. The molecule has 0 radical (unpaired) electrons. The summed E-state index contributed by atoms with van der Waals surface area (Å²) in [5.74, 6) is 0. The second-order valence-electron chi connectivity index (χ2n) is 7.31. The van der Waals surface area contributed by atoms with E-state index in [1.54, 1.807) is 0 Å². The summed E-state index contributed by atoms with van der Waals surface area (Å²) in [5, 5.41) is 7.71. The lowest BCUT2D eigenvalue weighted by molar-refractivity contribution is 0.0220. The molecule has 1 aliphatic rings. The average Bonchev–Trinajstić information content (AvgIpc) is 3.03. The van der Waals surface area contributed by atoms with Gasteiger partial charge in [-0.25, -0.2) is 4.79 Å². The van der Waals surface area contributed by atoms with Crippen LogP contribution in [0.15, 0.2) is 6.20 Å². The highest BCUT2D eigenvalue weighted by molar-refractivity contribution is 5.68. The highest BCUT2D eigenvalue weighted by atomic mass is 16.6. The number of amides is 1. The minimum atomic E-state index is -0.430. The van der Waals surface area contributed by atoms with E-state index in [0.717, 1.165) is 38.9 Å². The standard InChI is InChI=1S/C17H30N4O2/c1-13-14(12-19-20(13)5)11-18-9-8-15-7-6-10-21(15)16(22)23-17(2,3)4/h12,15,18H,6-11H2,1-5H3. The van der Waals surface area contributed by atoms with Crippen LogP contribution in [0.5, 0.6) is 0 Å². The van der Waals surface area contributed by atoms with Gasteiger partial charge in [0.05, 0.1) is 6.20 Å². The van der Waals surface area contributed by atoms with Gasteiger partial charge >= 0.3 is 6.09 Å². The Kier molecular flexibility index (Phi) is 5.68. The summed E-state index contributed by atoms with van der Waals surface area (Å²) < 4.78 is 7.39. The maximum Gasteiger partial charge on any atom is 0.410 e. The lowest BCUT2D eigenvalue weighted by Crippen LogP contribution is -2.40. The summed E-state index contributed by atoms with van der Waals surface area (Å²) in [6.45, 7) is 10.3. The van der Waals surface area contributed by atoms with Crippen LogP contribution in [0.4, 0.5) is 4.79 Å². The van der Waals surface area contributed by atoms with Crippen molar-refractivity contribution in [1.82, 2.24) is 20.0 Å². The van der Waals surface area contributed by atoms with Crippen molar-refractivity contribution in [3.8, 4) is 0 Å². The highest BCUT2D eigenvalue weighted by Gasteiger charge is 2.31. The second-order valence-corrected chi connectivity index (χ2v) is 7.31. The first-order chi connectivity index (χ1) is 10.8. The van der Waals surface area contributed by atoms with Gasteiger partial charge in [0.1, 0.15) is 5.60 Å². The minimum absolute atomic E-state index is 0.178. The fourth-order valence-corrected chi connectivity index (χ4v) is 2.91. The first-order valence-electron chi connectivity index (χ1n) is 8.46. The van der Waals surface area contributed by atoms with Gasteiger partial charge < -0.3 is 15.0 Å². The van der Waals surface area contributed by atoms with Crippen molar-refractivity contribution in [2.45, 2.75) is 65.1 Å². The molecule has 1 fully saturated rings. The van der Waals surface area contributed by atoms with Gasteiger partial charge in [-0.15, -0.1) is 0 Å². The summed E-state index contributed by atoms with van der Waals surface area (Å²) >= 11 is 0. The van der Waals surface area contributed by atoms with Crippen LogP contribution in [-0.4, -0.2) is 45.5 Å². The van der Waals surface area contributed by atoms with Crippen LogP contribution in [-0.2, 0) is 18.3 Å². The molecule has 6 nitrogen and oxygen atoms in total. The Balaban J connectivity index is 1.76. The Morgan fingerprint density at radius 3 is 2.83 bits per heavy atom. The smallest absolute Gasteiger partial charge is 0.410 e. The summed E-state index contributed by atoms with van der Waals surface area (Å²) in [6, 6.07) is 0.285. The number of hydrogen-bond donors (Lipinski definition) is 1. The fraction of sp³-hybridized carbons (Fsp3) is 0.765. The van der Waals surface area contributed by atoms with Gasteiger partial charge in [0.2, 0.25) is 0 Å². The van der Waals surface area contributed by atoms with E-state index in [0.29, 0.717) is 0 Å². The molecule has 6 heteroatoms. The van der Waals surface area contributed by atoms with Gasteiger partial charge in [0.15, 0.2) is 0 Å². The van der Waals surface area contributed by atoms with Crippen LogP contribution < -0.4 is 5.32 Å². The van der Waals surface area contributed by atoms with Gasteiger partial charge in [-0.05, 0) is 53.5 Å². The van der Waals surface area contributed by atoms with E-state index in [1.165, 1.54) is 11.3 Å². The van der Waals surface area contributed by atoms with Crippen LogP contribution in [0, 0.1) is 6.92 Å². The van der Waals surface area contributed by atoms with Crippen LogP contribution in [0.3, 0.4) is 0 Å². The first kappa shape index (κ1) is 17.8. The topological polar surface area (TPSA) is 59.4 Å². The van der Waals surface area contributed by atoms with E-state index in [-0.39, 0.29) is 12.1 Å². The maximum atomic E-state index is 12.2. The van der Waals surface area contributed by atoms with Crippen molar-refractivity contribution in [3.63, 3.8) is 0 Å². The fourth-order valence-electron chi connectivity index (χ4n) is 2.91. The Labute approximate surface area is 139 Å². The molecule has 1 N–H and O–H groups in total. The normalized spacial score (nSPS) is 18.5. The molecule has 0 saturated carbocycles. The van der Waals surface area contributed by atoms with Crippen LogP contribution in [0.2, 0.25) is 0 Å². The maximum absolute atomic E-state index is 12.2. The van der Waals surface area contributed by atoms with Crippen LogP contribution in [0.25, 0.3) is 0 Å². The molecule has 0 spiro atoms. The van der Waals surface area contributed by atoms with Gasteiger partial charge in [-0.1, -0.05) is 0 Å². The van der Waals surface area contributed by atoms with E-state index in [1.807, 2.05) is 43.6 Å². The van der Waals surface area contributed by atoms with Gasteiger partial charge in [0, 0.05) is 37.4 Å². The number of aromatic nitrogens is 2. The Hall–Kier alpha value is -1.56. The molecule has 1 aromatic heterocycles. The SMILES string of the molecule is Cc1c(CNCCC2CCCN2C(=O)OC(C)(C)C)cnn1C. The van der Waals surface area contributed by atoms with Crippen molar-refractivity contribution >= 4 is 6.09 Å². The van der Waals surface area contributed by atoms with Crippen molar-refractivity contribution < 1.29 is 9.53 Å². The van der Waals surface area contributed by atoms with Crippen LogP contribution >= 0.6 is 0 Å². The molecular formula is C17H30N4O2. The molecular weight excluding hydrogens is 292 g/mol. The van der Waals surface area contributed by atoms with Crippen molar-refractivity contribution in [1.29, 1.82) is 0 Å². The number of rotatable bonds is 5. The number of nitrogens with zero attached hydrogens (tertiary/aromatic N) is 3. The van der Waals surface area contributed by atoms with E-state index in [4.69, 9.17) is 4.74 Å². The van der Waals surface area contributed by atoms with Crippen molar-refractivity contribution in [2.75, 3.05) is 13.1 Å². The van der Waals surface area contributed by atoms with Crippen molar-refractivity contribution in [3.05, 3.63) is 17.5 Å². The lowest BCUT2D eigenvalue weighted by Gasteiger charge is -2.28. The zero-order chi connectivity index (χ0) is 17.0. The van der Waals surface area contributed by atoms with E-state index < -0.39 is 5.60 Å². The molecule has 1 aliphatic heterocycles. The van der Waals surface area contributed by atoms with Gasteiger partial charge in [-0.2, -0.15) is 5.10 Å². The molecule has 130 valence electrons. The molecule has 2 rings (SSSR count). The third-order valence-corrected chi connectivity index (χ3v) is 4.31. The number of likely N-dealkylation sites (tertiary alicyclic amines) is 1.